The van der Waals surface area contributed by atoms with Crippen molar-refractivity contribution in [2.75, 3.05) is 0 Å². The van der Waals surface area contributed by atoms with Crippen LogP contribution in [0.1, 0.15) is 83.6 Å². The van der Waals surface area contributed by atoms with E-state index in [2.05, 4.69) is 44.2 Å². The third kappa shape index (κ3) is 8.71. The quantitative estimate of drug-likeness (QED) is 0.272. The molecular weight excluding hydrogens is 336 g/mol. The molecule has 0 nitrogen and oxygen atoms in total. The van der Waals surface area contributed by atoms with Crippen LogP contribution in [-0.4, -0.2) is 0 Å². The van der Waals surface area contributed by atoms with E-state index in [-0.39, 0.29) is 0 Å². The van der Waals surface area contributed by atoms with Crippen LogP contribution in [0.25, 0.3) is 0 Å². The van der Waals surface area contributed by atoms with Gasteiger partial charge in [-0.3, -0.25) is 0 Å². The molecule has 0 bridgehead atoms. The normalized spacial score (nSPS) is 17.1. The summed E-state index contributed by atoms with van der Waals surface area (Å²) in [5.74, 6) is 3.06. The minimum Gasteiger partial charge on any atom is -0.0622 e. The van der Waals surface area contributed by atoms with E-state index in [0.717, 1.165) is 57.8 Å². The van der Waals surface area contributed by atoms with E-state index in [4.69, 9.17) is 27.7 Å². The molecule has 154 valence electrons. The van der Waals surface area contributed by atoms with Gasteiger partial charge in [0.2, 0.25) is 0 Å². The van der Waals surface area contributed by atoms with Crippen molar-refractivity contribution in [2.45, 2.75) is 84.5 Å². The second kappa shape index (κ2) is 15.1. The maximum absolute atomic E-state index is 6.05. The van der Waals surface area contributed by atoms with Crippen molar-refractivity contribution in [3.05, 3.63) is 63.6 Å². The van der Waals surface area contributed by atoms with E-state index >= 15 is 0 Å². The Labute approximate surface area is 177 Å². The first kappa shape index (κ1) is 25.3. The third-order valence-corrected chi connectivity index (χ3v) is 6.65. The molecule has 0 aliphatic carbocycles. The first-order chi connectivity index (χ1) is 13.6. The molecule has 0 aliphatic heterocycles. The molecule has 0 saturated carbocycles. The Balaban J connectivity index is 2.99. The summed E-state index contributed by atoms with van der Waals surface area (Å²) in [5, 5.41) is 0. The van der Waals surface area contributed by atoms with Crippen LogP contribution >= 0.6 is 0 Å². The molecule has 1 aromatic carbocycles. The minimum absolute atomic E-state index is 0.598. The Bertz CT molecular complexity index is 440. The summed E-state index contributed by atoms with van der Waals surface area (Å²) in [6, 6.07) is 10.8. The van der Waals surface area contributed by atoms with Gasteiger partial charge in [0.1, 0.15) is 0 Å². The zero-order valence-electron chi connectivity index (χ0n) is 18.4. The summed E-state index contributed by atoms with van der Waals surface area (Å²) in [6.45, 7) is 28.7. The Morgan fingerprint density at radius 2 is 1.07 bits per heavy atom. The second-order valence-corrected chi connectivity index (χ2v) is 8.63. The van der Waals surface area contributed by atoms with Crippen molar-refractivity contribution < 1.29 is 0 Å². The fourth-order valence-electron chi connectivity index (χ4n) is 5.11. The number of aryl methyl sites for hydroxylation is 1. The predicted molar refractivity (Wildman–Crippen MR) is 122 cm³/mol. The highest BCUT2D eigenvalue weighted by molar-refractivity contribution is 5.14. The van der Waals surface area contributed by atoms with Crippen LogP contribution in [0.5, 0.6) is 0 Å². The summed E-state index contributed by atoms with van der Waals surface area (Å²) in [5.41, 5.74) is 1.43. The van der Waals surface area contributed by atoms with E-state index in [1.165, 1.54) is 18.4 Å². The topological polar surface area (TPSA) is 0 Å². The third-order valence-electron chi connectivity index (χ3n) is 6.65. The number of hydrogen-bond donors (Lipinski definition) is 0. The van der Waals surface area contributed by atoms with Crippen molar-refractivity contribution in [1.82, 2.24) is 0 Å². The molecule has 0 aromatic heterocycles. The van der Waals surface area contributed by atoms with Crippen LogP contribution in [0, 0.1) is 57.3 Å². The van der Waals surface area contributed by atoms with Crippen molar-refractivity contribution in [1.29, 1.82) is 0 Å². The molecule has 0 spiro atoms. The van der Waals surface area contributed by atoms with Crippen LogP contribution in [0.3, 0.4) is 0 Å². The Morgan fingerprint density at radius 3 is 1.50 bits per heavy atom. The van der Waals surface area contributed by atoms with Gasteiger partial charge in [0.25, 0.3) is 0 Å². The van der Waals surface area contributed by atoms with Gasteiger partial charge in [-0.1, -0.05) is 57.0 Å². The maximum atomic E-state index is 6.05. The largest absolute Gasteiger partial charge is 0.0622 e. The van der Waals surface area contributed by atoms with Gasteiger partial charge in [0.15, 0.2) is 0 Å². The Kier molecular flexibility index (Phi) is 13.6. The van der Waals surface area contributed by atoms with E-state index in [1.807, 2.05) is 0 Å². The van der Waals surface area contributed by atoms with Gasteiger partial charge < -0.3 is 0 Å². The van der Waals surface area contributed by atoms with Gasteiger partial charge >= 0.3 is 0 Å². The van der Waals surface area contributed by atoms with Gasteiger partial charge in [-0.05, 0) is 121 Å². The highest BCUT2D eigenvalue weighted by Crippen LogP contribution is 2.42. The van der Waals surface area contributed by atoms with Crippen LogP contribution in [-0.2, 0) is 6.42 Å². The molecule has 1 rings (SSSR count). The first-order valence-corrected chi connectivity index (χ1v) is 11.4. The fraction of sp³-hybridized carbons (Fsp3) is 0.643. The molecule has 0 N–H and O–H groups in total. The van der Waals surface area contributed by atoms with Gasteiger partial charge in [0, 0.05) is 0 Å². The Morgan fingerprint density at radius 1 is 0.607 bits per heavy atom. The number of benzene rings is 1. The van der Waals surface area contributed by atoms with Crippen molar-refractivity contribution in [3.8, 4) is 0 Å². The maximum Gasteiger partial charge on any atom is -0.0279 e. The lowest BCUT2D eigenvalue weighted by Gasteiger charge is -2.40. The predicted octanol–water partition coefficient (Wildman–Crippen LogP) is 8.10. The molecular formula is C28H42. The zero-order chi connectivity index (χ0) is 20.8. The van der Waals surface area contributed by atoms with Gasteiger partial charge in [-0.2, -0.15) is 0 Å². The SMILES string of the molecule is [CH]CCC(C)C(CC[CH])C(CCCc1ccccc1)C(CC[CH])C(C)CC[CH]. The molecule has 0 amide bonds. The van der Waals surface area contributed by atoms with Gasteiger partial charge in [-0.15, -0.1) is 0 Å². The lowest BCUT2D eigenvalue weighted by atomic mass is 9.65. The van der Waals surface area contributed by atoms with Crippen LogP contribution in [0.15, 0.2) is 30.3 Å². The van der Waals surface area contributed by atoms with Crippen molar-refractivity contribution in [3.63, 3.8) is 0 Å². The van der Waals surface area contributed by atoms with E-state index in [1.54, 1.807) is 0 Å². The molecule has 4 unspecified atom stereocenters. The lowest BCUT2D eigenvalue weighted by molar-refractivity contribution is 0.0969. The van der Waals surface area contributed by atoms with Crippen LogP contribution < -0.4 is 0 Å². The lowest BCUT2D eigenvalue weighted by Crippen LogP contribution is -2.32. The summed E-state index contributed by atoms with van der Waals surface area (Å²) in [7, 11) is 0. The highest BCUT2D eigenvalue weighted by atomic mass is 14.4. The van der Waals surface area contributed by atoms with Crippen molar-refractivity contribution >= 4 is 0 Å². The fourth-order valence-corrected chi connectivity index (χ4v) is 5.11. The molecule has 0 heteroatoms. The number of rotatable bonds is 16. The van der Waals surface area contributed by atoms with Gasteiger partial charge in [-0.25, -0.2) is 0 Å². The molecule has 0 aliphatic rings. The van der Waals surface area contributed by atoms with Crippen LogP contribution in [0.4, 0.5) is 0 Å². The highest BCUT2D eigenvalue weighted by Gasteiger charge is 2.33. The van der Waals surface area contributed by atoms with Crippen molar-refractivity contribution in [2.24, 2.45) is 29.6 Å². The second-order valence-electron chi connectivity index (χ2n) is 8.63. The average Bonchev–Trinajstić information content (AvgIpc) is 2.69. The summed E-state index contributed by atoms with van der Waals surface area (Å²) >= 11 is 0. The zero-order valence-corrected chi connectivity index (χ0v) is 18.4. The van der Waals surface area contributed by atoms with Gasteiger partial charge in [0.05, 0.1) is 0 Å². The average molecular weight is 379 g/mol. The van der Waals surface area contributed by atoms with E-state index in [9.17, 15) is 0 Å². The molecule has 0 fully saturated rings. The minimum atomic E-state index is 0.598. The monoisotopic (exact) mass is 378 g/mol. The van der Waals surface area contributed by atoms with E-state index < -0.39 is 0 Å². The summed E-state index contributed by atoms with van der Waals surface area (Å²) in [4.78, 5) is 0. The molecule has 0 saturated heterocycles. The molecule has 1 aromatic rings. The molecule has 4 atom stereocenters. The Hall–Kier alpha value is -0.780. The number of hydrogen-bond acceptors (Lipinski definition) is 0. The summed E-state index contributed by atoms with van der Waals surface area (Å²) < 4.78 is 0. The molecule has 28 heavy (non-hydrogen) atoms. The summed E-state index contributed by atoms with van der Waals surface area (Å²) in [6.07, 6.45) is 10.9. The van der Waals surface area contributed by atoms with E-state index in [0.29, 0.717) is 29.6 Å². The smallest absolute Gasteiger partial charge is 0.0279 e. The first-order valence-electron chi connectivity index (χ1n) is 11.4. The molecule has 0 heterocycles. The standard InChI is InChI=1S/C28H42/c1-7-15-23(5)26(17-9-3)28(27(18-10-4)24(6)16-8-2)22-14-21-25-19-12-11-13-20-25/h1-4,11-13,19-20,23-24,26-28H,7-10,14-18,21-22H2,5-6H3. The van der Waals surface area contributed by atoms with Crippen LogP contribution in [0.2, 0.25) is 0 Å². The molecule has 8 radical (unpaired) electrons.